The summed E-state index contributed by atoms with van der Waals surface area (Å²) < 4.78 is 5.59. The van der Waals surface area contributed by atoms with Gasteiger partial charge in [0.1, 0.15) is 0 Å². The van der Waals surface area contributed by atoms with Crippen LogP contribution < -0.4 is 5.73 Å². The summed E-state index contributed by atoms with van der Waals surface area (Å²) in [5.41, 5.74) is 6.52. The maximum atomic E-state index is 6.52. The molecule has 0 aromatic carbocycles. The van der Waals surface area contributed by atoms with Crippen molar-refractivity contribution in [3.63, 3.8) is 0 Å². The van der Waals surface area contributed by atoms with Crippen molar-refractivity contribution in [3.05, 3.63) is 0 Å². The van der Waals surface area contributed by atoms with Crippen molar-refractivity contribution in [1.82, 2.24) is 4.90 Å². The van der Waals surface area contributed by atoms with Crippen LogP contribution in [-0.4, -0.2) is 43.3 Å². The Bertz CT molecular complexity index is 251. The summed E-state index contributed by atoms with van der Waals surface area (Å²) in [6.07, 6.45) is 7.92. The molecule has 3 heteroatoms. The molecule has 0 aromatic heterocycles. The molecule has 0 radical (unpaired) electrons. The summed E-state index contributed by atoms with van der Waals surface area (Å²) in [6, 6.07) is 2.01. The molecule has 2 N–H and O–H groups in total. The molecule has 2 bridgehead atoms. The van der Waals surface area contributed by atoms with E-state index in [4.69, 9.17) is 10.5 Å². The third-order valence-corrected chi connectivity index (χ3v) is 5.42. The maximum absolute atomic E-state index is 6.52. The van der Waals surface area contributed by atoms with E-state index in [1.807, 2.05) is 0 Å². The number of ether oxygens (including phenoxy) is 1. The van der Waals surface area contributed by atoms with Gasteiger partial charge in [0.2, 0.25) is 0 Å². The minimum Gasteiger partial charge on any atom is -0.381 e. The van der Waals surface area contributed by atoms with E-state index in [2.05, 4.69) is 11.9 Å². The Morgan fingerprint density at radius 1 is 1.12 bits per heavy atom. The average molecular weight is 238 g/mol. The van der Waals surface area contributed by atoms with Crippen molar-refractivity contribution < 1.29 is 4.74 Å². The van der Waals surface area contributed by atoms with Crippen LogP contribution in [0.1, 0.15) is 38.5 Å². The molecule has 3 heterocycles. The molecule has 4 unspecified atom stereocenters. The number of nitrogens with two attached hydrogens (primary N) is 1. The van der Waals surface area contributed by atoms with E-state index >= 15 is 0 Å². The predicted molar refractivity (Wildman–Crippen MR) is 68.8 cm³/mol. The van der Waals surface area contributed by atoms with Crippen LogP contribution in [0.4, 0.5) is 0 Å². The van der Waals surface area contributed by atoms with E-state index in [0.29, 0.717) is 12.0 Å². The topological polar surface area (TPSA) is 38.5 Å². The highest BCUT2D eigenvalue weighted by atomic mass is 16.5. The van der Waals surface area contributed by atoms with Gasteiger partial charge >= 0.3 is 0 Å². The summed E-state index contributed by atoms with van der Waals surface area (Å²) >= 11 is 0. The second kappa shape index (κ2) is 4.87. The zero-order valence-corrected chi connectivity index (χ0v) is 11.0. The molecule has 0 amide bonds. The molecular formula is C14H26N2O. The maximum Gasteiger partial charge on any atom is 0.0509 e. The quantitative estimate of drug-likeness (QED) is 0.794. The van der Waals surface area contributed by atoms with Gasteiger partial charge in [0, 0.05) is 24.7 Å². The van der Waals surface area contributed by atoms with Gasteiger partial charge in [-0.1, -0.05) is 0 Å². The Balaban J connectivity index is 1.61. The van der Waals surface area contributed by atoms with Gasteiger partial charge in [-0.2, -0.15) is 0 Å². The van der Waals surface area contributed by atoms with Crippen LogP contribution in [0.15, 0.2) is 0 Å². The number of rotatable bonds is 2. The van der Waals surface area contributed by atoms with E-state index in [1.54, 1.807) is 0 Å². The molecule has 3 saturated heterocycles. The SMILES string of the molecule is CN1C2CCC1CC(C(N)C1CCCOC1)C2. The van der Waals surface area contributed by atoms with Crippen LogP contribution in [-0.2, 0) is 4.74 Å². The Kier molecular flexibility index (Phi) is 3.42. The summed E-state index contributed by atoms with van der Waals surface area (Å²) in [7, 11) is 2.30. The first-order valence-corrected chi connectivity index (χ1v) is 7.31. The molecule has 3 aliphatic rings. The Morgan fingerprint density at radius 3 is 2.41 bits per heavy atom. The number of piperidine rings is 1. The van der Waals surface area contributed by atoms with Crippen LogP contribution in [0.5, 0.6) is 0 Å². The van der Waals surface area contributed by atoms with Crippen molar-refractivity contribution in [1.29, 1.82) is 0 Å². The van der Waals surface area contributed by atoms with E-state index in [-0.39, 0.29) is 0 Å². The van der Waals surface area contributed by atoms with Crippen LogP contribution >= 0.6 is 0 Å². The van der Waals surface area contributed by atoms with Crippen molar-refractivity contribution in [3.8, 4) is 0 Å². The summed E-state index contributed by atoms with van der Waals surface area (Å²) in [5.74, 6) is 1.37. The van der Waals surface area contributed by atoms with Gasteiger partial charge in [-0.05, 0) is 57.4 Å². The highest BCUT2D eigenvalue weighted by Gasteiger charge is 2.41. The second-order valence-corrected chi connectivity index (χ2v) is 6.34. The van der Waals surface area contributed by atoms with Gasteiger partial charge in [0.15, 0.2) is 0 Å². The molecule has 17 heavy (non-hydrogen) atoms. The summed E-state index contributed by atoms with van der Waals surface area (Å²) in [5, 5.41) is 0. The van der Waals surface area contributed by atoms with Crippen LogP contribution in [0.25, 0.3) is 0 Å². The van der Waals surface area contributed by atoms with E-state index < -0.39 is 0 Å². The van der Waals surface area contributed by atoms with Crippen LogP contribution in [0, 0.1) is 11.8 Å². The minimum absolute atomic E-state index is 0.382. The molecule has 4 atom stereocenters. The molecule has 98 valence electrons. The lowest BCUT2D eigenvalue weighted by Crippen LogP contribution is -2.49. The normalized spacial score (nSPS) is 44.8. The van der Waals surface area contributed by atoms with E-state index in [1.165, 1.54) is 38.5 Å². The lowest BCUT2D eigenvalue weighted by molar-refractivity contribution is 0.0226. The molecule has 3 nitrogen and oxygen atoms in total. The smallest absolute Gasteiger partial charge is 0.0509 e. The molecule has 3 fully saturated rings. The Hall–Kier alpha value is -0.120. The van der Waals surface area contributed by atoms with Crippen molar-refractivity contribution in [2.24, 2.45) is 17.6 Å². The van der Waals surface area contributed by atoms with Gasteiger partial charge < -0.3 is 15.4 Å². The number of fused-ring (bicyclic) bond motifs is 2. The number of hydrogen-bond acceptors (Lipinski definition) is 3. The average Bonchev–Trinajstić information content (AvgIpc) is 2.61. The molecule has 3 rings (SSSR count). The van der Waals surface area contributed by atoms with Crippen LogP contribution in [0.2, 0.25) is 0 Å². The summed E-state index contributed by atoms with van der Waals surface area (Å²) in [4.78, 5) is 2.60. The molecule has 3 aliphatic heterocycles. The van der Waals surface area contributed by atoms with Gasteiger partial charge in [-0.15, -0.1) is 0 Å². The second-order valence-electron chi connectivity index (χ2n) is 6.34. The Labute approximate surface area is 105 Å². The zero-order chi connectivity index (χ0) is 11.8. The predicted octanol–water partition coefficient (Wildman–Crippen LogP) is 1.61. The van der Waals surface area contributed by atoms with E-state index in [0.717, 1.165) is 31.2 Å². The molecule has 0 aromatic rings. The first-order chi connectivity index (χ1) is 8.25. The minimum atomic E-state index is 0.382. The molecular weight excluding hydrogens is 212 g/mol. The van der Waals surface area contributed by atoms with Gasteiger partial charge in [0.05, 0.1) is 6.61 Å². The standard InChI is InChI=1S/C14H26N2O/c1-16-12-4-5-13(16)8-11(7-12)14(15)10-3-2-6-17-9-10/h10-14H,2-9,15H2,1H3. The van der Waals surface area contributed by atoms with Crippen molar-refractivity contribution >= 4 is 0 Å². The molecule has 0 aliphatic carbocycles. The molecule has 0 spiro atoms. The fourth-order valence-corrected chi connectivity index (χ4v) is 4.22. The highest BCUT2D eigenvalue weighted by Crippen LogP contribution is 2.40. The first-order valence-electron chi connectivity index (χ1n) is 7.31. The van der Waals surface area contributed by atoms with Gasteiger partial charge in [-0.25, -0.2) is 0 Å². The number of hydrogen-bond donors (Lipinski definition) is 1. The van der Waals surface area contributed by atoms with E-state index in [9.17, 15) is 0 Å². The fourth-order valence-electron chi connectivity index (χ4n) is 4.22. The first kappa shape index (κ1) is 11.9. The summed E-state index contributed by atoms with van der Waals surface area (Å²) in [6.45, 7) is 1.85. The lowest BCUT2D eigenvalue weighted by Gasteiger charge is -2.41. The number of nitrogens with zero attached hydrogens (tertiary/aromatic N) is 1. The van der Waals surface area contributed by atoms with Crippen molar-refractivity contribution in [2.75, 3.05) is 20.3 Å². The Morgan fingerprint density at radius 2 is 1.82 bits per heavy atom. The van der Waals surface area contributed by atoms with Gasteiger partial charge in [-0.3, -0.25) is 0 Å². The third kappa shape index (κ3) is 2.25. The third-order valence-electron chi connectivity index (χ3n) is 5.42. The largest absolute Gasteiger partial charge is 0.381 e. The highest BCUT2D eigenvalue weighted by molar-refractivity contribution is 4.97. The van der Waals surface area contributed by atoms with Crippen molar-refractivity contribution in [2.45, 2.75) is 56.7 Å². The molecule has 0 saturated carbocycles. The van der Waals surface area contributed by atoms with Gasteiger partial charge in [0.25, 0.3) is 0 Å². The lowest BCUT2D eigenvalue weighted by atomic mass is 9.78. The fraction of sp³-hybridized carbons (Fsp3) is 1.00. The van der Waals surface area contributed by atoms with Crippen LogP contribution in [0.3, 0.4) is 0 Å². The monoisotopic (exact) mass is 238 g/mol. The zero-order valence-electron chi connectivity index (χ0n) is 11.0.